The van der Waals surface area contributed by atoms with E-state index < -0.39 is 0 Å². The van der Waals surface area contributed by atoms with Gasteiger partial charge in [0.2, 0.25) is 0 Å². The third-order valence-corrected chi connectivity index (χ3v) is 3.66. The quantitative estimate of drug-likeness (QED) is 0.578. The minimum atomic E-state index is 0.100. The van der Waals surface area contributed by atoms with Crippen LogP contribution in [-0.2, 0) is 4.79 Å². The summed E-state index contributed by atoms with van der Waals surface area (Å²) in [5, 5.41) is 12.1. The summed E-state index contributed by atoms with van der Waals surface area (Å²) < 4.78 is 0. The van der Waals surface area contributed by atoms with Crippen LogP contribution in [0.25, 0.3) is 0 Å². The number of nitrogens with zero attached hydrogens (tertiary/aromatic N) is 1. The van der Waals surface area contributed by atoms with Gasteiger partial charge in [-0.2, -0.15) is 0 Å². The molecule has 3 atom stereocenters. The molecular weight excluding hydrogens is 166 g/mol. The summed E-state index contributed by atoms with van der Waals surface area (Å²) in [5.41, 5.74) is 0. The molecular formula is C10H16NO2-. The molecule has 0 radical (unpaired) electrons. The van der Waals surface area contributed by atoms with Crippen LogP contribution in [0.15, 0.2) is 0 Å². The molecule has 0 amide bonds. The minimum absolute atomic E-state index is 0.100. The molecule has 0 aliphatic heterocycles. The highest BCUT2D eigenvalue weighted by molar-refractivity contribution is 5.83. The average molecular weight is 182 g/mol. The van der Waals surface area contributed by atoms with Crippen molar-refractivity contribution in [1.29, 1.82) is 0 Å². The largest absolute Gasteiger partial charge is 0.785 e. The summed E-state index contributed by atoms with van der Waals surface area (Å²) in [7, 11) is 1.57. The molecule has 0 spiro atoms. The number of hydrogen-bond acceptors (Lipinski definition) is 3. The van der Waals surface area contributed by atoms with Crippen LogP contribution in [0.3, 0.4) is 0 Å². The Kier molecular flexibility index (Phi) is 2.39. The van der Waals surface area contributed by atoms with Gasteiger partial charge in [0.1, 0.15) is 5.78 Å². The van der Waals surface area contributed by atoms with Gasteiger partial charge in [0.05, 0.1) is 0 Å². The summed E-state index contributed by atoms with van der Waals surface area (Å²) >= 11 is 0. The number of ketones is 1. The maximum absolute atomic E-state index is 11.5. The fourth-order valence-electron chi connectivity index (χ4n) is 2.79. The van der Waals surface area contributed by atoms with Gasteiger partial charge in [-0.05, 0) is 44.7 Å². The highest BCUT2D eigenvalue weighted by Crippen LogP contribution is 2.40. The van der Waals surface area contributed by atoms with Crippen LogP contribution in [0, 0.1) is 17.0 Å². The maximum Gasteiger partial charge on any atom is 0.136 e. The van der Waals surface area contributed by atoms with E-state index in [4.69, 9.17) is 0 Å². The van der Waals surface area contributed by atoms with Gasteiger partial charge in [0.15, 0.2) is 0 Å². The zero-order valence-electron chi connectivity index (χ0n) is 8.03. The Morgan fingerprint density at radius 1 is 1.38 bits per heavy atom. The van der Waals surface area contributed by atoms with Crippen molar-refractivity contribution in [3.05, 3.63) is 5.21 Å². The predicted octanol–water partition coefficient (Wildman–Crippen LogP) is 1.56. The maximum atomic E-state index is 11.5. The molecule has 3 nitrogen and oxygen atoms in total. The highest BCUT2D eigenvalue weighted by atomic mass is 16.5. The van der Waals surface area contributed by atoms with Crippen LogP contribution in [-0.4, -0.2) is 23.9 Å². The molecule has 74 valence electrons. The first-order chi connectivity index (χ1) is 6.18. The number of fused-ring (bicyclic) bond motifs is 1. The molecule has 0 N–H and O–H groups in total. The van der Waals surface area contributed by atoms with Crippen molar-refractivity contribution in [1.82, 2.24) is 5.06 Å². The lowest BCUT2D eigenvalue weighted by atomic mass is 9.79. The first kappa shape index (κ1) is 9.16. The van der Waals surface area contributed by atoms with Crippen LogP contribution in [0.4, 0.5) is 0 Å². The molecule has 2 aliphatic carbocycles. The van der Waals surface area contributed by atoms with Crippen molar-refractivity contribution in [3.63, 3.8) is 0 Å². The van der Waals surface area contributed by atoms with Gasteiger partial charge >= 0.3 is 0 Å². The fraction of sp³-hybridized carbons (Fsp3) is 0.900. The SMILES string of the molecule is CN([O-])C1CCC2CCC(=O)C2C1. The van der Waals surface area contributed by atoms with Gasteiger partial charge in [0, 0.05) is 12.3 Å². The molecule has 0 aromatic rings. The topological polar surface area (TPSA) is 43.4 Å². The number of carbonyl (C=O) groups is 1. The van der Waals surface area contributed by atoms with Gasteiger partial charge < -0.3 is 10.3 Å². The van der Waals surface area contributed by atoms with E-state index in [0.29, 0.717) is 11.7 Å². The number of Topliss-reactive ketones (excluding diaryl/α,β-unsaturated/α-hetero) is 1. The lowest BCUT2D eigenvalue weighted by Gasteiger charge is -2.40. The van der Waals surface area contributed by atoms with Crippen molar-refractivity contribution in [2.75, 3.05) is 7.05 Å². The normalized spacial score (nSPS) is 39.6. The molecule has 0 aromatic carbocycles. The third kappa shape index (κ3) is 1.63. The van der Waals surface area contributed by atoms with E-state index >= 15 is 0 Å². The number of carbonyl (C=O) groups excluding carboxylic acids is 1. The van der Waals surface area contributed by atoms with E-state index in [1.807, 2.05) is 0 Å². The number of hydrogen-bond donors (Lipinski definition) is 0. The Hall–Kier alpha value is -0.410. The smallest absolute Gasteiger partial charge is 0.136 e. The van der Waals surface area contributed by atoms with E-state index in [-0.39, 0.29) is 12.0 Å². The van der Waals surface area contributed by atoms with Crippen molar-refractivity contribution in [2.45, 2.75) is 38.1 Å². The Morgan fingerprint density at radius 3 is 2.85 bits per heavy atom. The Balaban J connectivity index is 2.01. The summed E-state index contributed by atoms with van der Waals surface area (Å²) in [5.74, 6) is 1.22. The first-order valence-electron chi connectivity index (χ1n) is 5.11. The second-order valence-corrected chi connectivity index (χ2v) is 4.38. The van der Waals surface area contributed by atoms with E-state index in [1.165, 1.54) is 0 Å². The minimum Gasteiger partial charge on any atom is -0.785 e. The molecule has 13 heavy (non-hydrogen) atoms. The van der Waals surface area contributed by atoms with Gasteiger partial charge in [-0.3, -0.25) is 4.79 Å². The molecule has 3 heteroatoms. The standard InChI is InChI=1S/C10H16NO2/c1-11(13)8-4-2-7-3-5-10(12)9(7)6-8/h7-9H,2-6H2,1H3/q-1. The lowest BCUT2D eigenvalue weighted by Crippen LogP contribution is -2.36. The molecule has 2 aliphatic rings. The summed E-state index contributed by atoms with van der Waals surface area (Å²) in [6, 6.07) is 0.100. The molecule has 0 bridgehead atoms. The summed E-state index contributed by atoms with van der Waals surface area (Å²) in [4.78, 5) is 11.5. The monoisotopic (exact) mass is 182 g/mol. The first-order valence-corrected chi connectivity index (χ1v) is 5.11. The van der Waals surface area contributed by atoms with Crippen LogP contribution in [0.1, 0.15) is 32.1 Å². The zero-order valence-corrected chi connectivity index (χ0v) is 8.03. The lowest BCUT2D eigenvalue weighted by molar-refractivity contribution is -0.122. The molecule has 2 rings (SSSR count). The average Bonchev–Trinajstić information content (AvgIpc) is 2.47. The molecule has 0 heterocycles. The second kappa shape index (κ2) is 3.39. The fourth-order valence-corrected chi connectivity index (χ4v) is 2.79. The number of rotatable bonds is 1. The third-order valence-electron chi connectivity index (χ3n) is 3.66. The summed E-state index contributed by atoms with van der Waals surface area (Å²) in [6.45, 7) is 0. The van der Waals surface area contributed by atoms with E-state index in [2.05, 4.69) is 0 Å². The van der Waals surface area contributed by atoms with E-state index in [1.54, 1.807) is 7.05 Å². The molecule has 0 saturated heterocycles. The zero-order chi connectivity index (χ0) is 9.42. The summed E-state index contributed by atoms with van der Waals surface area (Å²) in [6.07, 6.45) is 4.69. The van der Waals surface area contributed by atoms with Crippen LogP contribution >= 0.6 is 0 Å². The molecule has 2 saturated carbocycles. The van der Waals surface area contributed by atoms with Gasteiger partial charge in [-0.15, -0.1) is 0 Å². The number of hydroxylamine groups is 2. The Labute approximate surface area is 78.7 Å². The van der Waals surface area contributed by atoms with Gasteiger partial charge in [-0.25, -0.2) is 0 Å². The second-order valence-electron chi connectivity index (χ2n) is 4.38. The van der Waals surface area contributed by atoms with Crippen LogP contribution < -0.4 is 0 Å². The van der Waals surface area contributed by atoms with E-state index in [9.17, 15) is 10.0 Å². The Bertz CT molecular complexity index is 215. The van der Waals surface area contributed by atoms with Gasteiger partial charge in [-0.1, -0.05) is 0 Å². The molecule has 0 aromatic heterocycles. The van der Waals surface area contributed by atoms with Crippen molar-refractivity contribution < 1.29 is 4.79 Å². The van der Waals surface area contributed by atoms with Crippen LogP contribution in [0.5, 0.6) is 0 Å². The van der Waals surface area contributed by atoms with Crippen molar-refractivity contribution >= 4 is 5.78 Å². The highest BCUT2D eigenvalue weighted by Gasteiger charge is 2.39. The Morgan fingerprint density at radius 2 is 2.15 bits per heavy atom. The van der Waals surface area contributed by atoms with Crippen molar-refractivity contribution in [2.24, 2.45) is 11.8 Å². The molecule has 2 fully saturated rings. The predicted molar refractivity (Wildman–Crippen MR) is 50.0 cm³/mol. The molecule has 3 unspecified atom stereocenters. The van der Waals surface area contributed by atoms with Crippen molar-refractivity contribution in [3.8, 4) is 0 Å². The van der Waals surface area contributed by atoms with Crippen LogP contribution in [0.2, 0.25) is 0 Å². The van der Waals surface area contributed by atoms with E-state index in [0.717, 1.165) is 37.2 Å². The van der Waals surface area contributed by atoms with Gasteiger partial charge in [0.25, 0.3) is 0 Å².